The molecule has 1 atom stereocenters. The van der Waals surface area contributed by atoms with Crippen LogP contribution in [0, 0.1) is 5.41 Å². The first-order chi connectivity index (χ1) is 10.6. The maximum Gasteiger partial charge on any atom is 0.191 e. The first-order valence-electron chi connectivity index (χ1n) is 7.63. The molecule has 0 amide bonds. The largest absolute Gasteiger partial charge is 0.459 e. The molecule has 0 bridgehead atoms. The third kappa shape index (κ3) is 3.09. The first kappa shape index (κ1) is 14.9. The third-order valence-corrected chi connectivity index (χ3v) is 4.03. The number of furan rings is 1. The molecule has 1 aliphatic heterocycles. The highest BCUT2D eigenvalue weighted by Gasteiger charge is 2.33. The number of rotatable bonds is 4. The maximum atomic E-state index is 5.89. The molecule has 3 rings (SSSR count). The minimum absolute atomic E-state index is 0.0454. The monoisotopic (exact) mass is 301 g/mol. The Morgan fingerprint density at radius 2 is 2.14 bits per heavy atom. The van der Waals surface area contributed by atoms with Gasteiger partial charge in [0.1, 0.15) is 11.3 Å². The molecule has 22 heavy (non-hydrogen) atoms. The molecule has 0 aliphatic carbocycles. The van der Waals surface area contributed by atoms with Crippen LogP contribution in [0.25, 0.3) is 11.0 Å². The lowest BCUT2D eigenvalue weighted by atomic mass is 9.89. The Morgan fingerprint density at radius 3 is 2.77 bits per heavy atom. The molecule has 1 aromatic heterocycles. The predicted octanol–water partition coefficient (Wildman–Crippen LogP) is 2.70. The number of nitrogens with one attached hydrogen (secondary N) is 2. The molecule has 0 radical (unpaired) electrons. The van der Waals surface area contributed by atoms with Gasteiger partial charge >= 0.3 is 0 Å². The van der Waals surface area contributed by atoms with E-state index < -0.39 is 0 Å². The molecule has 2 heterocycles. The highest BCUT2D eigenvalue weighted by Crippen LogP contribution is 2.25. The SMILES string of the molecule is CN=C(NCC1(C)COC1)NC(C)c1cc2ccccc2o1. The van der Waals surface area contributed by atoms with Crippen LogP contribution in [0.4, 0.5) is 0 Å². The number of fused-ring (bicyclic) bond motifs is 1. The van der Waals surface area contributed by atoms with Crippen molar-refractivity contribution in [2.24, 2.45) is 10.4 Å². The maximum absolute atomic E-state index is 5.89. The summed E-state index contributed by atoms with van der Waals surface area (Å²) in [5.74, 6) is 1.68. The Hall–Kier alpha value is -2.01. The number of aliphatic imine (C=N–C) groups is 1. The second-order valence-electron chi connectivity index (χ2n) is 6.28. The number of para-hydroxylation sites is 1. The highest BCUT2D eigenvalue weighted by atomic mass is 16.5. The van der Waals surface area contributed by atoms with Crippen molar-refractivity contribution in [2.75, 3.05) is 26.8 Å². The van der Waals surface area contributed by atoms with Crippen LogP contribution >= 0.6 is 0 Å². The van der Waals surface area contributed by atoms with Crippen molar-refractivity contribution < 1.29 is 9.15 Å². The van der Waals surface area contributed by atoms with Crippen molar-refractivity contribution in [3.63, 3.8) is 0 Å². The summed E-state index contributed by atoms with van der Waals surface area (Å²) in [4.78, 5) is 4.28. The van der Waals surface area contributed by atoms with E-state index in [1.807, 2.05) is 18.2 Å². The van der Waals surface area contributed by atoms with Crippen molar-refractivity contribution in [1.82, 2.24) is 10.6 Å². The van der Waals surface area contributed by atoms with Gasteiger partial charge in [-0.1, -0.05) is 25.1 Å². The Morgan fingerprint density at radius 1 is 1.36 bits per heavy atom. The fraction of sp³-hybridized carbons (Fsp3) is 0.471. The lowest BCUT2D eigenvalue weighted by Crippen LogP contribution is -2.51. The van der Waals surface area contributed by atoms with E-state index in [2.05, 4.69) is 41.6 Å². The molecule has 1 saturated heterocycles. The molecule has 0 saturated carbocycles. The van der Waals surface area contributed by atoms with Gasteiger partial charge in [-0.2, -0.15) is 0 Å². The summed E-state index contributed by atoms with van der Waals surface area (Å²) < 4.78 is 11.2. The summed E-state index contributed by atoms with van der Waals surface area (Å²) in [5, 5.41) is 7.85. The standard InChI is InChI=1S/C17H23N3O2/c1-12(15-8-13-6-4-5-7-14(13)22-15)20-16(18-3)19-9-17(2)10-21-11-17/h4-8,12H,9-11H2,1-3H3,(H2,18,19,20). The van der Waals surface area contributed by atoms with Gasteiger partial charge in [0.2, 0.25) is 0 Å². The van der Waals surface area contributed by atoms with Gasteiger partial charge in [-0.25, -0.2) is 0 Å². The molecule has 2 aromatic rings. The predicted molar refractivity (Wildman–Crippen MR) is 88.1 cm³/mol. The summed E-state index contributed by atoms with van der Waals surface area (Å²) in [6.45, 7) is 6.73. The summed E-state index contributed by atoms with van der Waals surface area (Å²) in [5.41, 5.74) is 1.12. The van der Waals surface area contributed by atoms with Gasteiger partial charge in [-0.15, -0.1) is 0 Å². The minimum atomic E-state index is 0.0454. The molecule has 0 spiro atoms. The lowest BCUT2D eigenvalue weighted by Gasteiger charge is -2.38. The lowest BCUT2D eigenvalue weighted by molar-refractivity contribution is -0.0971. The topological polar surface area (TPSA) is 58.8 Å². The number of guanidine groups is 1. The molecule has 1 unspecified atom stereocenters. The normalized spacial score (nSPS) is 18.8. The quantitative estimate of drug-likeness (QED) is 0.673. The molecule has 1 aromatic carbocycles. The zero-order valence-electron chi connectivity index (χ0n) is 13.3. The van der Waals surface area contributed by atoms with Crippen LogP contribution in [0.15, 0.2) is 39.7 Å². The van der Waals surface area contributed by atoms with Gasteiger partial charge in [0.15, 0.2) is 5.96 Å². The van der Waals surface area contributed by atoms with Crippen LogP contribution in [0.5, 0.6) is 0 Å². The second kappa shape index (κ2) is 6.01. The number of benzene rings is 1. The summed E-state index contributed by atoms with van der Waals surface area (Å²) in [6, 6.07) is 10.2. The Balaban J connectivity index is 1.62. The average Bonchev–Trinajstić information content (AvgIpc) is 2.93. The van der Waals surface area contributed by atoms with E-state index >= 15 is 0 Å². The summed E-state index contributed by atoms with van der Waals surface area (Å²) in [7, 11) is 1.78. The van der Waals surface area contributed by atoms with E-state index in [1.54, 1.807) is 7.05 Å². The van der Waals surface area contributed by atoms with Crippen molar-refractivity contribution in [3.8, 4) is 0 Å². The van der Waals surface area contributed by atoms with Gasteiger partial charge in [0.05, 0.1) is 19.3 Å². The fourth-order valence-corrected chi connectivity index (χ4v) is 2.54. The van der Waals surface area contributed by atoms with E-state index in [0.29, 0.717) is 0 Å². The van der Waals surface area contributed by atoms with Crippen LogP contribution in [0.2, 0.25) is 0 Å². The molecule has 5 nitrogen and oxygen atoms in total. The first-order valence-corrected chi connectivity index (χ1v) is 7.63. The van der Waals surface area contributed by atoms with E-state index in [-0.39, 0.29) is 11.5 Å². The minimum Gasteiger partial charge on any atom is -0.459 e. The van der Waals surface area contributed by atoms with Gasteiger partial charge in [-0.3, -0.25) is 4.99 Å². The Labute approximate surface area is 130 Å². The number of ether oxygens (including phenoxy) is 1. The van der Waals surface area contributed by atoms with Gasteiger partial charge in [-0.05, 0) is 19.1 Å². The second-order valence-corrected chi connectivity index (χ2v) is 6.28. The molecule has 5 heteroatoms. The van der Waals surface area contributed by atoms with Gasteiger partial charge in [0.25, 0.3) is 0 Å². The van der Waals surface area contributed by atoms with Crippen LogP contribution in [-0.4, -0.2) is 32.8 Å². The van der Waals surface area contributed by atoms with Crippen LogP contribution in [-0.2, 0) is 4.74 Å². The van der Waals surface area contributed by atoms with Crippen LogP contribution < -0.4 is 10.6 Å². The van der Waals surface area contributed by atoms with Crippen LogP contribution in [0.1, 0.15) is 25.6 Å². The molecule has 2 N–H and O–H groups in total. The zero-order valence-corrected chi connectivity index (χ0v) is 13.3. The molecular formula is C17H23N3O2. The van der Waals surface area contributed by atoms with Gasteiger partial charge in [0, 0.05) is 24.4 Å². The van der Waals surface area contributed by atoms with Gasteiger partial charge < -0.3 is 19.8 Å². The summed E-state index contributed by atoms with van der Waals surface area (Å²) >= 11 is 0. The summed E-state index contributed by atoms with van der Waals surface area (Å²) in [6.07, 6.45) is 0. The Bertz CT molecular complexity index is 640. The van der Waals surface area contributed by atoms with Crippen molar-refractivity contribution >= 4 is 16.9 Å². The van der Waals surface area contributed by atoms with Crippen molar-refractivity contribution in [2.45, 2.75) is 19.9 Å². The van der Waals surface area contributed by atoms with E-state index in [0.717, 1.165) is 42.4 Å². The van der Waals surface area contributed by atoms with E-state index in [9.17, 15) is 0 Å². The number of nitrogens with zero attached hydrogens (tertiary/aromatic N) is 1. The Kier molecular flexibility index (Phi) is 4.07. The number of hydrogen-bond acceptors (Lipinski definition) is 3. The third-order valence-electron chi connectivity index (χ3n) is 4.03. The van der Waals surface area contributed by atoms with Crippen molar-refractivity contribution in [3.05, 3.63) is 36.1 Å². The molecule has 118 valence electrons. The smallest absolute Gasteiger partial charge is 0.191 e. The average molecular weight is 301 g/mol. The zero-order chi connectivity index (χ0) is 15.6. The van der Waals surface area contributed by atoms with Crippen LogP contribution in [0.3, 0.4) is 0 Å². The van der Waals surface area contributed by atoms with E-state index in [1.165, 1.54) is 0 Å². The number of hydrogen-bond donors (Lipinski definition) is 2. The molecule has 1 aliphatic rings. The highest BCUT2D eigenvalue weighted by molar-refractivity contribution is 5.81. The van der Waals surface area contributed by atoms with Crippen molar-refractivity contribution in [1.29, 1.82) is 0 Å². The molecular weight excluding hydrogens is 278 g/mol. The van der Waals surface area contributed by atoms with E-state index in [4.69, 9.17) is 9.15 Å². The fourth-order valence-electron chi connectivity index (χ4n) is 2.54. The molecule has 1 fully saturated rings.